The fraction of sp³-hybridized carbons (Fsp3) is 0.500. The van der Waals surface area contributed by atoms with Crippen LogP contribution in [0.4, 0.5) is 13.2 Å². The van der Waals surface area contributed by atoms with Gasteiger partial charge in [-0.05, 0) is 46.3 Å². The van der Waals surface area contributed by atoms with Gasteiger partial charge in [0, 0.05) is 5.39 Å². The Morgan fingerprint density at radius 2 is 1.57 bits per heavy atom. The predicted octanol–water partition coefficient (Wildman–Crippen LogP) is 6.82. The summed E-state index contributed by atoms with van der Waals surface area (Å²) >= 11 is 0. The van der Waals surface area contributed by atoms with E-state index in [1.807, 2.05) is 0 Å². The lowest BCUT2D eigenvalue weighted by Gasteiger charge is -2.42. The standard InChI is InChI=1S/C22H29F3O4Si/c1-13(2)30(14(3)4,15(5)6)29-17-8-9-18-16(11-17)7-10-19(26)20(18)21(27)28-12-22(23,24)25/h7-11,13-15,26H,12H2,1-6H3. The number of fused-ring (bicyclic) bond motifs is 1. The van der Waals surface area contributed by atoms with E-state index in [0.29, 0.717) is 33.1 Å². The van der Waals surface area contributed by atoms with Crippen molar-refractivity contribution in [2.24, 2.45) is 0 Å². The van der Waals surface area contributed by atoms with Crippen LogP contribution in [0.25, 0.3) is 10.8 Å². The van der Waals surface area contributed by atoms with Crippen LogP contribution < -0.4 is 4.43 Å². The van der Waals surface area contributed by atoms with Gasteiger partial charge in [-0.25, -0.2) is 4.79 Å². The first-order valence-electron chi connectivity index (χ1n) is 9.98. The zero-order valence-electron chi connectivity index (χ0n) is 18.1. The van der Waals surface area contributed by atoms with Crippen molar-refractivity contribution < 1.29 is 32.2 Å². The molecule has 0 radical (unpaired) electrons. The molecule has 0 heterocycles. The highest BCUT2D eigenvalue weighted by atomic mass is 28.4. The van der Waals surface area contributed by atoms with Gasteiger partial charge < -0.3 is 14.3 Å². The maximum atomic E-state index is 12.4. The Bertz CT molecular complexity index is 885. The molecule has 0 fully saturated rings. The third-order valence-electron chi connectivity index (χ3n) is 5.54. The second kappa shape index (κ2) is 8.87. The number of phenolic OH excluding ortho intramolecular Hbond substituents is 1. The lowest BCUT2D eigenvalue weighted by atomic mass is 10.0. The van der Waals surface area contributed by atoms with Gasteiger partial charge in [0.2, 0.25) is 0 Å². The molecular formula is C22H29F3O4Si. The van der Waals surface area contributed by atoms with Crippen molar-refractivity contribution in [3.8, 4) is 11.5 Å². The molecule has 0 aliphatic heterocycles. The van der Waals surface area contributed by atoms with Crippen molar-refractivity contribution in [3.63, 3.8) is 0 Å². The van der Waals surface area contributed by atoms with Crippen LogP contribution >= 0.6 is 0 Å². The molecule has 0 aromatic heterocycles. The molecule has 0 aliphatic rings. The zero-order chi connectivity index (χ0) is 22.9. The Kier molecular flexibility index (Phi) is 7.11. The minimum absolute atomic E-state index is 0.289. The summed E-state index contributed by atoms with van der Waals surface area (Å²) in [5.74, 6) is -1.01. The lowest BCUT2D eigenvalue weighted by Crippen LogP contribution is -2.50. The number of carbonyl (C=O) groups is 1. The molecule has 2 aromatic carbocycles. The number of ether oxygens (including phenoxy) is 1. The summed E-state index contributed by atoms with van der Waals surface area (Å²) in [5, 5.41) is 11.0. The van der Waals surface area contributed by atoms with Gasteiger partial charge >= 0.3 is 12.1 Å². The summed E-state index contributed by atoms with van der Waals surface area (Å²) in [6.07, 6.45) is -4.64. The summed E-state index contributed by atoms with van der Waals surface area (Å²) in [6.45, 7) is 11.3. The lowest BCUT2D eigenvalue weighted by molar-refractivity contribution is -0.161. The summed E-state index contributed by atoms with van der Waals surface area (Å²) in [6, 6.07) is 7.89. The first kappa shape index (κ1) is 24.1. The van der Waals surface area contributed by atoms with Crippen molar-refractivity contribution in [1.29, 1.82) is 0 Å². The Labute approximate surface area is 176 Å². The van der Waals surface area contributed by atoms with E-state index < -0.39 is 32.8 Å². The van der Waals surface area contributed by atoms with E-state index in [0.717, 1.165) is 0 Å². The average molecular weight is 443 g/mol. The quantitative estimate of drug-likeness (QED) is 0.378. The van der Waals surface area contributed by atoms with Crippen LogP contribution in [0.2, 0.25) is 16.6 Å². The molecule has 0 saturated heterocycles. The fourth-order valence-electron chi connectivity index (χ4n) is 4.35. The normalized spacial score (nSPS) is 12.8. The van der Waals surface area contributed by atoms with E-state index in [9.17, 15) is 23.1 Å². The molecular weight excluding hydrogens is 413 g/mol. The van der Waals surface area contributed by atoms with Gasteiger partial charge in [-0.1, -0.05) is 47.6 Å². The largest absolute Gasteiger partial charge is 0.543 e. The van der Waals surface area contributed by atoms with Crippen LogP contribution in [0.1, 0.15) is 51.9 Å². The summed E-state index contributed by atoms with van der Waals surface area (Å²) in [4.78, 5) is 12.2. The predicted molar refractivity (Wildman–Crippen MR) is 114 cm³/mol. The van der Waals surface area contributed by atoms with E-state index in [4.69, 9.17) is 4.43 Å². The van der Waals surface area contributed by atoms with Crippen LogP contribution in [-0.2, 0) is 4.74 Å². The van der Waals surface area contributed by atoms with Gasteiger partial charge in [0.25, 0.3) is 8.32 Å². The topological polar surface area (TPSA) is 55.8 Å². The molecule has 0 aliphatic carbocycles. The average Bonchev–Trinajstić information content (AvgIpc) is 2.62. The maximum Gasteiger partial charge on any atom is 0.422 e. The Balaban J connectivity index is 2.47. The number of esters is 1. The number of alkyl halides is 3. The van der Waals surface area contributed by atoms with E-state index in [1.165, 1.54) is 6.07 Å². The number of halogens is 3. The van der Waals surface area contributed by atoms with Crippen molar-refractivity contribution in [2.75, 3.05) is 6.61 Å². The minimum atomic E-state index is -4.64. The number of rotatable bonds is 7. The molecule has 2 rings (SSSR count). The van der Waals surface area contributed by atoms with Gasteiger partial charge in [0.15, 0.2) is 6.61 Å². The monoisotopic (exact) mass is 442 g/mol. The van der Waals surface area contributed by atoms with Crippen molar-refractivity contribution in [1.82, 2.24) is 0 Å². The zero-order valence-corrected chi connectivity index (χ0v) is 19.1. The maximum absolute atomic E-state index is 12.4. The number of carbonyl (C=O) groups excluding carboxylic acids is 1. The van der Waals surface area contributed by atoms with E-state index >= 15 is 0 Å². The van der Waals surface area contributed by atoms with Crippen molar-refractivity contribution in [3.05, 3.63) is 35.9 Å². The Morgan fingerprint density at radius 3 is 2.07 bits per heavy atom. The van der Waals surface area contributed by atoms with Gasteiger partial charge in [0.1, 0.15) is 17.1 Å². The molecule has 4 nitrogen and oxygen atoms in total. The van der Waals surface area contributed by atoms with Crippen LogP contribution in [0, 0.1) is 0 Å². The molecule has 1 N–H and O–H groups in total. The Hall–Kier alpha value is -2.22. The number of phenols is 1. The first-order chi connectivity index (χ1) is 13.8. The molecule has 30 heavy (non-hydrogen) atoms. The van der Waals surface area contributed by atoms with E-state index in [1.54, 1.807) is 24.3 Å². The smallest absolute Gasteiger partial charge is 0.422 e. The molecule has 2 aromatic rings. The van der Waals surface area contributed by atoms with E-state index in [-0.39, 0.29) is 5.56 Å². The van der Waals surface area contributed by atoms with Gasteiger partial charge in [-0.15, -0.1) is 0 Å². The first-order valence-corrected chi connectivity index (χ1v) is 12.1. The number of benzene rings is 2. The highest BCUT2D eigenvalue weighted by Crippen LogP contribution is 2.43. The van der Waals surface area contributed by atoms with Crippen LogP contribution in [0.5, 0.6) is 11.5 Å². The minimum Gasteiger partial charge on any atom is -0.543 e. The highest BCUT2D eigenvalue weighted by Gasteiger charge is 2.47. The second-order valence-electron chi connectivity index (χ2n) is 8.45. The molecule has 0 saturated carbocycles. The number of hydrogen-bond acceptors (Lipinski definition) is 4. The van der Waals surface area contributed by atoms with E-state index in [2.05, 4.69) is 46.3 Å². The van der Waals surface area contributed by atoms with Gasteiger partial charge in [-0.3, -0.25) is 0 Å². The third-order valence-corrected chi connectivity index (χ3v) is 11.5. The third kappa shape index (κ3) is 4.91. The second-order valence-corrected chi connectivity index (χ2v) is 13.8. The summed E-state index contributed by atoms with van der Waals surface area (Å²) < 4.78 is 48.2. The molecule has 0 amide bonds. The van der Waals surface area contributed by atoms with Crippen LogP contribution in [0.15, 0.2) is 30.3 Å². The SMILES string of the molecule is CC(C)[Si](Oc1ccc2c(C(=O)OCC(F)(F)F)c(O)ccc2c1)(C(C)C)C(C)C. The Morgan fingerprint density at radius 1 is 1.00 bits per heavy atom. The van der Waals surface area contributed by atoms with Crippen molar-refractivity contribution in [2.45, 2.75) is 64.3 Å². The molecule has 0 atom stereocenters. The number of aromatic hydroxyl groups is 1. The summed E-state index contributed by atoms with van der Waals surface area (Å²) in [5.41, 5.74) is 0.797. The van der Waals surface area contributed by atoms with Crippen molar-refractivity contribution >= 4 is 25.1 Å². The molecule has 166 valence electrons. The highest BCUT2D eigenvalue weighted by molar-refractivity contribution is 6.78. The summed E-state index contributed by atoms with van der Waals surface area (Å²) in [7, 11) is -2.20. The number of hydrogen-bond donors (Lipinski definition) is 1. The molecule has 0 spiro atoms. The molecule has 0 unspecified atom stereocenters. The van der Waals surface area contributed by atoms with Crippen LogP contribution in [-0.4, -0.2) is 32.2 Å². The van der Waals surface area contributed by atoms with Gasteiger partial charge in [0.05, 0.1) is 0 Å². The van der Waals surface area contributed by atoms with Gasteiger partial charge in [-0.2, -0.15) is 13.2 Å². The van der Waals surface area contributed by atoms with Crippen LogP contribution in [0.3, 0.4) is 0 Å². The molecule has 8 heteroatoms. The fourth-order valence-corrected chi connectivity index (χ4v) is 9.59. The molecule has 0 bridgehead atoms.